The van der Waals surface area contributed by atoms with Crippen molar-refractivity contribution in [1.82, 2.24) is 4.90 Å². The second kappa shape index (κ2) is 6.64. The van der Waals surface area contributed by atoms with Crippen LogP contribution in [0.3, 0.4) is 0 Å². The number of hydrogen-bond acceptors (Lipinski definition) is 1. The van der Waals surface area contributed by atoms with Gasteiger partial charge in [-0.05, 0) is 54.5 Å². The van der Waals surface area contributed by atoms with Gasteiger partial charge in [-0.3, -0.25) is 4.90 Å². The van der Waals surface area contributed by atoms with E-state index in [1.54, 1.807) is 0 Å². The number of nitrogens with zero attached hydrogens (tertiary/aromatic N) is 1. The maximum atomic E-state index is 2.63. The van der Waals surface area contributed by atoms with Crippen LogP contribution in [-0.4, -0.2) is 22.5 Å². The molecule has 0 spiro atoms. The Kier molecular flexibility index (Phi) is 6.62. The van der Waals surface area contributed by atoms with Crippen molar-refractivity contribution in [3.8, 4) is 0 Å². The second-order valence-electron chi connectivity index (χ2n) is 6.91. The van der Waals surface area contributed by atoms with Crippen LogP contribution in [0, 0.1) is 0 Å². The van der Waals surface area contributed by atoms with Gasteiger partial charge in [0.25, 0.3) is 0 Å². The first kappa shape index (κ1) is 16.0. The van der Waals surface area contributed by atoms with E-state index in [0.717, 1.165) is 0 Å². The van der Waals surface area contributed by atoms with Crippen molar-refractivity contribution in [3.05, 3.63) is 0 Å². The fourth-order valence-corrected chi connectivity index (χ4v) is 2.55. The van der Waals surface area contributed by atoms with Gasteiger partial charge in [0.05, 0.1) is 0 Å². The molecule has 1 nitrogen and oxygen atoms in total. The second-order valence-corrected chi connectivity index (χ2v) is 6.91. The summed E-state index contributed by atoms with van der Waals surface area (Å²) in [5, 5.41) is 0. The van der Waals surface area contributed by atoms with E-state index in [0.29, 0.717) is 0 Å². The number of hydrogen-bond donors (Lipinski definition) is 0. The summed E-state index contributed by atoms with van der Waals surface area (Å²) in [5.74, 6) is 0. The van der Waals surface area contributed by atoms with Crippen LogP contribution in [0.2, 0.25) is 0 Å². The van der Waals surface area contributed by atoms with Crippen LogP contribution in [0.1, 0.15) is 80.6 Å². The molecule has 0 N–H and O–H groups in total. The Labute approximate surface area is 104 Å². The average molecular weight is 227 g/mol. The molecule has 0 bridgehead atoms. The molecule has 16 heavy (non-hydrogen) atoms. The summed E-state index contributed by atoms with van der Waals surface area (Å²) < 4.78 is 0. The van der Waals surface area contributed by atoms with E-state index in [9.17, 15) is 0 Å². The maximum Gasteiger partial charge on any atom is 0.0130 e. The lowest BCUT2D eigenvalue weighted by atomic mass is 9.95. The van der Waals surface area contributed by atoms with Crippen molar-refractivity contribution in [1.29, 1.82) is 0 Å². The zero-order valence-electron chi connectivity index (χ0n) is 12.7. The molecule has 0 aliphatic rings. The van der Waals surface area contributed by atoms with Crippen LogP contribution >= 0.6 is 0 Å². The molecular weight excluding hydrogens is 194 g/mol. The average Bonchev–Trinajstić information content (AvgIpc) is 2.06. The molecule has 0 saturated carbocycles. The Hall–Kier alpha value is -0.0400. The molecule has 1 heteroatoms. The Morgan fingerprint density at radius 2 is 1.12 bits per heavy atom. The fraction of sp³-hybridized carbons (Fsp3) is 1.00. The highest BCUT2D eigenvalue weighted by Gasteiger charge is 2.30. The largest absolute Gasteiger partial charge is 0.294 e. The number of rotatable bonds is 6. The van der Waals surface area contributed by atoms with Crippen molar-refractivity contribution in [2.45, 2.75) is 91.6 Å². The standard InChI is InChI=1S/C15H33N/c1-8-9-10-11-12-13-16(14(2,3)4)15(5,6)7/h8-13H2,1-7H3. The van der Waals surface area contributed by atoms with Crippen LogP contribution in [0.15, 0.2) is 0 Å². The lowest BCUT2D eigenvalue weighted by molar-refractivity contribution is 0.0367. The van der Waals surface area contributed by atoms with Crippen molar-refractivity contribution >= 4 is 0 Å². The Bertz CT molecular complexity index is 157. The predicted molar refractivity (Wildman–Crippen MR) is 75.0 cm³/mol. The Morgan fingerprint density at radius 3 is 1.50 bits per heavy atom. The highest BCUT2D eigenvalue weighted by Crippen LogP contribution is 2.25. The van der Waals surface area contributed by atoms with Gasteiger partial charge >= 0.3 is 0 Å². The Morgan fingerprint density at radius 1 is 0.688 bits per heavy atom. The summed E-state index contributed by atoms with van der Waals surface area (Å²) in [4.78, 5) is 2.63. The summed E-state index contributed by atoms with van der Waals surface area (Å²) in [6, 6.07) is 0. The van der Waals surface area contributed by atoms with E-state index in [4.69, 9.17) is 0 Å². The topological polar surface area (TPSA) is 3.24 Å². The highest BCUT2D eigenvalue weighted by molar-refractivity contribution is 4.86. The molecule has 98 valence electrons. The molecule has 0 aromatic rings. The quantitative estimate of drug-likeness (QED) is 0.586. The molecule has 0 saturated heterocycles. The van der Waals surface area contributed by atoms with E-state index < -0.39 is 0 Å². The van der Waals surface area contributed by atoms with Crippen molar-refractivity contribution in [2.24, 2.45) is 0 Å². The molecular formula is C15H33N. The zero-order chi connectivity index (χ0) is 12.8. The molecule has 0 unspecified atom stereocenters. The van der Waals surface area contributed by atoms with Gasteiger partial charge in [-0.2, -0.15) is 0 Å². The van der Waals surface area contributed by atoms with E-state index in [1.165, 1.54) is 38.6 Å². The third kappa shape index (κ3) is 6.52. The minimum absolute atomic E-state index is 0.281. The van der Waals surface area contributed by atoms with Crippen molar-refractivity contribution in [2.75, 3.05) is 6.54 Å². The summed E-state index contributed by atoms with van der Waals surface area (Å²) in [5.41, 5.74) is 0.562. The lowest BCUT2D eigenvalue weighted by Crippen LogP contribution is -2.52. The van der Waals surface area contributed by atoms with E-state index >= 15 is 0 Å². The summed E-state index contributed by atoms with van der Waals surface area (Å²) in [7, 11) is 0. The van der Waals surface area contributed by atoms with Gasteiger partial charge in [-0.15, -0.1) is 0 Å². The summed E-state index contributed by atoms with van der Waals surface area (Å²) >= 11 is 0. The first-order chi connectivity index (χ1) is 7.19. The molecule has 0 aromatic carbocycles. The van der Waals surface area contributed by atoms with Gasteiger partial charge < -0.3 is 0 Å². The molecule has 0 rings (SSSR count). The molecule has 0 fully saturated rings. The van der Waals surface area contributed by atoms with Crippen LogP contribution in [-0.2, 0) is 0 Å². The minimum atomic E-state index is 0.281. The van der Waals surface area contributed by atoms with Crippen molar-refractivity contribution < 1.29 is 0 Å². The van der Waals surface area contributed by atoms with Crippen LogP contribution in [0.5, 0.6) is 0 Å². The van der Waals surface area contributed by atoms with Gasteiger partial charge in [0.2, 0.25) is 0 Å². The SMILES string of the molecule is CCCCCCCN(C(C)(C)C)C(C)(C)C. The van der Waals surface area contributed by atoms with E-state index in [-0.39, 0.29) is 11.1 Å². The normalized spacial score (nSPS) is 13.5. The molecule has 0 aromatic heterocycles. The molecule has 0 aliphatic carbocycles. The summed E-state index contributed by atoms with van der Waals surface area (Å²) in [6.07, 6.45) is 6.86. The van der Waals surface area contributed by atoms with Crippen LogP contribution in [0.25, 0.3) is 0 Å². The minimum Gasteiger partial charge on any atom is -0.294 e. The summed E-state index contributed by atoms with van der Waals surface area (Å²) in [6.45, 7) is 17.4. The van der Waals surface area contributed by atoms with Gasteiger partial charge in [-0.1, -0.05) is 32.6 Å². The van der Waals surface area contributed by atoms with Gasteiger partial charge in [-0.25, -0.2) is 0 Å². The first-order valence-electron chi connectivity index (χ1n) is 6.97. The molecule has 0 radical (unpaired) electrons. The first-order valence-corrected chi connectivity index (χ1v) is 6.97. The van der Waals surface area contributed by atoms with Gasteiger partial charge in [0, 0.05) is 11.1 Å². The molecule has 0 amide bonds. The molecule has 0 atom stereocenters. The smallest absolute Gasteiger partial charge is 0.0130 e. The lowest BCUT2D eigenvalue weighted by Gasteiger charge is -2.45. The van der Waals surface area contributed by atoms with Crippen LogP contribution in [0.4, 0.5) is 0 Å². The van der Waals surface area contributed by atoms with E-state index in [1.807, 2.05) is 0 Å². The monoisotopic (exact) mass is 227 g/mol. The van der Waals surface area contributed by atoms with Crippen molar-refractivity contribution in [3.63, 3.8) is 0 Å². The van der Waals surface area contributed by atoms with E-state index in [2.05, 4.69) is 53.4 Å². The number of unbranched alkanes of at least 4 members (excludes halogenated alkanes) is 4. The fourth-order valence-electron chi connectivity index (χ4n) is 2.55. The third-order valence-electron chi connectivity index (χ3n) is 3.10. The predicted octanol–water partition coefficient (Wildman–Crippen LogP) is 4.86. The van der Waals surface area contributed by atoms with Gasteiger partial charge in [0.15, 0.2) is 0 Å². The Balaban J connectivity index is 4.06. The molecule has 0 heterocycles. The maximum absolute atomic E-state index is 2.63. The van der Waals surface area contributed by atoms with Gasteiger partial charge in [0.1, 0.15) is 0 Å². The van der Waals surface area contributed by atoms with Crippen LogP contribution < -0.4 is 0 Å². The third-order valence-corrected chi connectivity index (χ3v) is 3.10. The zero-order valence-corrected chi connectivity index (χ0v) is 12.7. The molecule has 0 aliphatic heterocycles. The highest BCUT2D eigenvalue weighted by atomic mass is 15.2.